The van der Waals surface area contributed by atoms with Crippen molar-refractivity contribution in [1.82, 2.24) is 19.6 Å². The monoisotopic (exact) mass is 451 g/mol. The van der Waals surface area contributed by atoms with Crippen LogP contribution in [0, 0.1) is 6.92 Å². The van der Waals surface area contributed by atoms with Crippen LogP contribution in [-0.4, -0.2) is 30.1 Å². The molecule has 3 aromatic rings. The number of aromatic nitrogens is 4. The molecule has 158 valence electrons. The zero-order valence-electron chi connectivity index (χ0n) is 16.3. The van der Waals surface area contributed by atoms with Crippen LogP contribution < -0.4 is 10.7 Å². The average Bonchev–Trinajstić information content (AvgIpc) is 3.41. The minimum atomic E-state index is -2.61. The van der Waals surface area contributed by atoms with E-state index in [0.29, 0.717) is 28.1 Å². The Bertz CT molecular complexity index is 1080. The predicted octanol–water partition coefficient (Wildman–Crippen LogP) is 4.40. The number of hydrogen-bond donors (Lipinski definition) is 1. The predicted molar refractivity (Wildman–Crippen MR) is 115 cm³/mol. The first-order valence-corrected chi connectivity index (χ1v) is 10.5. The van der Waals surface area contributed by atoms with E-state index in [1.165, 1.54) is 17.8 Å². The van der Waals surface area contributed by atoms with Crippen LogP contribution in [0.5, 0.6) is 0 Å². The average molecular weight is 452 g/mol. The smallest absolute Gasteiger partial charge is 0.282 e. The van der Waals surface area contributed by atoms with Gasteiger partial charge in [-0.3, -0.25) is 9.36 Å². The maximum absolute atomic E-state index is 13.0. The number of alkyl halides is 2. The zero-order valence-corrected chi connectivity index (χ0v) is 17.9. The van der Waals surface area contributed by atoms with Crippen molar-refractivity contribution in [2.24, 2.45) is 10.8 Å². The molecule has 2 N–H and O–H groups in total. The van der Waals surface area contributed by atoms with Gasteiger partial charge in [-0.25, -0.2) is 13.8 Å². The van der Waals surface area contributed by atoms with E-state index in [9.17, 15) is 8.78 Å². The third-order valence-electron chi connectivity index (χ3n) is 4.73. The summed E-state index contributed by atoms with van der Waals surface area (Å²) in [5, 5.41) is 16.1. The van der Waals surface area contributed by atoms with Gasteiger partial charge in [0.05, 0.1) is 12.6 Å². The molecule has 0 saturated carbocycles. The highest BCUT2D eigenvalue weighted by molar-refractivity contribution is 8.14. The fraction of sp³-hybridized carbons (Fsp3) is 0.316. The normalized spacial score (nSPS) is 17.6. The van der Waals surface area contributed by atoms with Crippen molar-refractivity contribution >= 4 is 34.2 Å². The number of hydrazone groups is 1. The summed E-state index contributed by atoms with van der Waals surface area (Å²) < 4.78 is 29.2. The molecule has 1 aromatic carbocycles. The molecule has 0 saturated heterocycles. The molecule has 0 amide bonds. The first-order chi connectivity index (χ1) is 14.3. The zero-order chi connectivity index (χ0) is 21.4. The fourth-order valence-electron chi connectivity index (χ4n) is 3.20. The first-order valence-electron chi connectivity index (χ1n) is 9.24. The highest BCUT2D eigenvalue weighted by Gasteiger charge is 2.31. The number of nitrogens with two attached hydrogens (primary N) is 1. The van der Waals surface area contributed by atoms with E-state index < -0.39 is 11.9 Å². The van der Waals surface area contributed by atoms with Crippen molar-refractivity contribution < 1.29 is 8.78 Å². The molecule has 0 fully saturated rings. The van der Waals surface area contributed by atoms with Gasteiger partial charge in [-0.15, -0.1) is 0 Å². The van der Waals surface area contributed by atoms with E-state index in [-0.39, 0.29) is 11.7 Å². The quantitative estimate of drug-likeness (QED) is 0.601. The van der Waals surface area contributed by atoms with Gasteiger partial charge in [-0.1, -0.05) is 41.6 Å². The largest absolute Gasteiger partial charge is 0.301 e. The summed E-state index contributed by atoms with van der Waals surface area (Å²) in [6.07, 6.45) is -0.782. The minimum absolute atomic E-state index is 0.248. The molecule has 2 atom stereocenters. The van der Waals surface area contributed by atoms with Crippen LogP contribution >= 0.6 is 23.4 Å². The standard InChI is InChI=1S/C19H20ClF2N7S/c1-11-9-15(17(21)22)24-28(11)12(2)18-26-29(19(23)30-18)16-7-8-27(25-16)10-13-5-3-4-6-14(13)20/h3-9,12,17,19H,10,23H2,1-2H3. The Morgan fingerprint density at radius 3 is 2.70 bits per heavy atom. The summed E-state index contributed by atoms with van der Waals surface area (Å²) in [6, 6.07) is 10.5. The molecule has 1 aliphatic rings. The number of thioether (sulfide) groups is 1. The second-order valence-corrected chi connectivity index (χ2v) is 8.43. The van der Waals surface area contributed by atoms with E-state index in [4.69, 9.17) is 17.3 Å². The molecule has 7 nitrogen and oxygen atoms in total. The van der Waals surface area contributed by atoms with Gasteiger partial charge in [0.15, 0.2) is 11.3 Å². The molecule has 3 heterocycles. The van der Waals surface area contributed by atoms with Gasteiger partial charge in [0.1, 0.15) is 10.7 Å². The molecular formula is C19H20ClF2N7S. The maximum atomic E-state index is 13.0. The fourth-order valence-corrected chi connectivity index (χ4v) is 4.33. The topological polar surface area (TPSA) is 77.3 Å². The summed E-state index contributed by atoms with van der Waals surface area (Å²) in [4.78, 5) is 0. The molecule has 0 aliphatic carbocycles. The molecule has 2 unspecified atom stereocenters. The Balaban J connectivity index is 1.53. The van der Waals surface area contributed by atoms with E-state index >= 15 is 0 Å². The maximum Gasteiger partial charge on any atom is 0.282 e. The molecule has 0 spiro atoms. The van der Waals surface area contributed by atoms with Gasteiger partial charge >= 0.3 is 0 Å². The summed E-state index contributed by atoms with van der Waals surface area (Å²) in [7, 11) is 0. The minimum Gasteiger partial charge on any atom is -0.301 e. The number of anilines is 1. The number of hydrogen-bond acceptors (Lipinski definition) is 6. The van der Waals surface area contributed by atoms with Crippen molar-refractivity contribution in [3.05, 3.63) is 64.6 Å². The lowest BCUT2D eigenvalue weighted by Gasteiger charge is -2.15. The molecular weight excluding hydrogens is 432 g/mol. The Kier molecular flexibility index (Phi) is 5.81. The van der Waals surface area contributed by atoms with Crippen LogP contribution in [0.1, 0.15) is 36.3 Å². The Hall–Kier alpha value is -2.43. The van der Waals surface area contributed by atoms with Crippen LogP contribution in [0.25, 0.3) is 0 Å². The van der Waals surface area contributed by atoms with Crippen molar-refractivity contribution in [3.63, 3.8) is 0 Å². The van der Waals surface area contributed by atoms with Crippen LogP contribution in [-0.2, 0) is 6.54 Å². The lowest BCUT2D eigenvalue weighted by atomic mass is 10.2. The highest BCUT2D eigenvalue weighted by atomic mass is 35.5. The van der Waals surface area contributed by atoms with Gasteiger partial charge in [0.25, 0.3) is 6.43 Å². The van der Waals surface area contributed by atoms with Gasteiger partial charge in [0, 0.05) is 23.0 Å². The molecule has 0 bridgehead atoms. The van der Waals surface area contributed by atoms with Gasteiger partial charge < -0.3 is 5.73 Å². The van der Waals surface area contributed by atoms with Crippen LogP contribution in [0.15, 0.2) is 47.7 Å². The van der Waals surface area contributed by atoms with Crippen molar-refractivity contribution in [3.8, 4) is 0 Å². The third-order valence-corrected chi connectivity index (χ3v) is 6.20. The second-order valence-electron chi connectivity index (χ2n) is 6.89. The number of halogens is 3. The number of nitrogens with zero attached hydrogens (tertiary/aromatic N) is 6. The van der Waals surface area contributed by atoms with Crippen LogP contribution in [0.2, 0.25) is 5.02 Å². The molecule has 1 aliphatic heterocycles. The highest BCUT2D eigenvalue weighted by Crippen LogP contribution is 2.33. The van der Waals surface area contributed by atoms with E-state index in [1.54, 1.807) is 21.3 Å². The van der Waals surface area contributed by atoms with Crippen LogP contribution in [0.3, 0.4) is 0 Å². The lowest BCUT2D eigenvalue weighted by molar-refractivity contribution is 0.145. The Morgan fingerprint density at radius 1 is 1.23 bits per heavy atom. The number of rotatable bonds is 6. The van der Waals surface area contributed by atoms with Gasteiger partial charge in [-0.2, -0.15) is 15.3 Å². The Morgan fingerprint density at radius 2 is 2.00 bits per heavy atom. The van der Waals surface area contributed by atoms with Gasteiger partial charge in [-0.05, 0) is 31.5 Å². The Labute approximate surface area is 181 Å². The third kappa shape index (κ3) is 4.07. The molecule has 2 aromatic heterocycles. The summed E-state index contributed by atoms with van der Waals surface area (Å²) in [6.45, 7) is 4.11. The molecule has 4 rings (SSSR count). The number of benzene rings is 1. The first kappa shape index (κ1) is 20.8. The van der Waals surface area contributed by atoms with Crippen molar-refractivity contribution in [2.75, 3.05) is 5.01 Å². The van der Waals surface area contributed by atoms with Gasteiger partial charge in [0.2, 0.25) is 0 Å². The van der Waals surface area contributed by atoms with Crippen LogP contribution in [0.4, 0.5) is 14.6 Å². The van der Waals surface area contributed by atoms with Crippen molar-refractivity contribution in [2.45, 2.75) is 38.4 Å². The SMILES string of the molecule is Cc1cc(C(F)F)nn1C(C)C1=NN(c2ccn(Cc3ccccc3Cl)n2)C(N)S1. The lowest BCUT2D eigenvalue weighted by Crippen LogP contribution is -2.32. The number of aryl methyl sites for hydroxylation is 1. The van der Waals surface area contributed by atoms with E-state index in [0.717, 1.165) is 5.56 Å². The van der Waals surface area contributed by atoms with E-state index in [2.05, 4.69) is 15.3 Å². The van der Waals surface area contributed by atoms with Crippen molar-refractivity contribution in [1.29, 1.82) is 0 Å². The summed E-state index contributed by atoms with van der Waals surface area (Å²) in [5.74, 6) is 0.592. The molecule has 0 radical (unpaired) electrons. The summed E-state index contributed by atoms with van der Waals surface area (Å²) >= 11 is 7.57. The van der Waals surface area contributed by atoms with E-state index in [1.807, 2.05) is 43.5 Å². The molecule has 11 heteroatoms. The molecule has 30 heavy (non-hydrogen) atoms. The second kappa shape index (κ2) is 8.37. The summed E-state index contributed by atoms with van der Waals surface area (Å²) in [5.41, 5.74) is 7.12.